The van der Waals surface area contributed by atoms with Crippen LogP contribution in [0.2, 0.25) is 0 Å². The van der Waals surface area contributed by atoms with Crippen molar-refractivity contribution in [3.8, 4) is 11.3 Å². The first-order valence-corrected chi connectivity index (χ1v) is 7.95. The Balaban J connectivity index is 1.77. The number of benzene rings is 2. The van der Waals surface area contributed by atoms with Crippen molar-refractivity contribution in [1.82, 2.24) is 4.98 Å². The zero-order valence-corrected chi connectivity index (χ0v) is 12.3. The molecule has 0 bridgehead atoms. The topological polar surface area (TPSA) is 33.1 Å². The number of rotatable bonds is 2. The van der Waals surface area contributed by atoms with Crippen LogP contribution in [0.15, 0.2) is 54.6 Å². The average Bonchev–Trinajstić information content (AvgIpc) is 2.99. The molecule has 0 spiro atoms. The molecular weight excluding hydrogens is 278 g/mol. The summed E-state index contributed by atoms with van der Waals surface area (Å²) in [5.74, 6) is 0. The highest BCUT2D eigenvalue weighted by Crippen LogP contribution is 2.38. The molecule has 0 amide bonds. The molecule has 1 heterocycles. The van der Waals surface area contributed by atoms with Crippen molar-refractivity contribution in [2.75, 3.05) is 0 Å². The van der Waals surface area contributed by atoms with Crippen LogP contribution < -0.4 is 0 Å². The van der Waals surface area contributed by atoms with Crippen LogP contribution in [0, 0.1) is 0 Å². The molecule has 1 unspecified atom stereocenters. The van der Waals surface area contributed by atoms with Gasteiger partial charge in [0.1, 0.15) is 11.1 Å². The Hall–Kier alpha value is -1.97. The highest BCUT2D eigenvalue weighted by atomic mass is 32.1. The van der Waals surface area contributed by atoms with Crippen LogP contribution in [0.25, 0.3) is 11.3 Å². The van der Waals surface area contributed by atoms with Crippen LogP contribution >= 0.6 is 11.3 Å². The Kier molecular flexibility index (Phi) is 3.09. The molecule has 0 aliphatic heterocycles. The van der Waals surface area contributed by atoms with Gasteiger partial charge in [0.25, 0.3) is 0 Å². The Morgan fingerprint density at radius 1 is 0.952 bits per heavy atom. The molecule has 1 N–H and O–H groups in total. The second-order valence-electron chi connectivity index (χ2n) is 5.29. The van der Waals surface area contributed by atoms with Gasteiger partial charge in [-0.1, -0.05) is 54.6 Å². The molecule has 1 atom stereocenters. The van der Waals surface area contributed by atoms with Gasteiger partial charge in [0.2, 0.25) is 0 Å². The molecule has 4 rings (SSSR count). The molecule has 1 aromatic heterocycles. The van der Waals surface area contributed by atoms with Crippen LogP contribution in [0.5, 0.6) is 0 Å². The van der Waals surface area contributed by atoms with Crippen molar-refractivity contribution in [3.05, 3.63) is 75.6 Å². The van der Waals surface area contributed by atoms with E-state index in [4.69, 9.17) is 4.98 Å². The van der Waals surface area contributed by atoms with Crippen molar-refractivity contribution < 1.29 is 5.11 Å². The van der Waals surface area contributed by atoms with E-state index in [-0.39, 0.29) is 0 Å². The number of hydrogen-bond acceptors (Lipinski definition) is 3. The first-order chi connectivity index (χ1) is 10.3. The molecule has 3 aromatic rings. The minimum atomic E-state index is -0.631. The fourth-order valence-electron chi connectivity index (χ4n) is 2.86. The number of aliphatic hydroxyl groups excluding tert-OH is 1. The van der Waals surface area contributed by atoms with Gasteiger partial charge >= 0.3 is 0 Å². The van der Waals surface area contributed by atoms with E-state index in [9.17, 15) is 5.11 Å². The van der Waals surface area contributed by atoms with Crippen LogP contribution in [0.4, 0.5) is 0 Å². The van der Waals surface area contributed by atoms with E-state index in [0.717, 1.165) is 29.1 Å². The van der Waals surface area contributed by atoms with Crippen molar-refractivity contribution >= 4 is 11.3 Å². The van der Waals surface area contributed by atoms with Gasteiger partial charge in [-0.25, -0.2) is 4.98 Å². The van der Waals surface area contributed by atoms with Crippen molar-refractivity contribution in [1.29, 1.82) is 0 Å². The number of hydrogen-bond donors (Lipinski definition) is 1. The molecule has 104 valence electrons. The normalized spacial score (nSPS) is 14.3. The minimum Gasteiger partial charge on any atom is -0.381 e. The van der Waals surface area contributed by atoms with E-state index in [0.29, 0.717) is 0 Å². The molecule has 1 aliphatic carbocycles. The van der Waals surface area contributed by atoms with Gasteiger partial charge in [-0.05, 0) is 24.0 Å². The summed E-state index contributed by atoms with van der Waals surface area (Å²) in [5, 5.41) is 11.3. The molecule has 0 saturated carbocycles. The van der Waals surface area contributed by atoms with E-state index in [2.05, 4.69) is 24.3 Å². The second kappa shape index (κ2) is 5.10. The average molecular weight is 293 g/mol. The highest BCUT2D eigenvalue weighted by Gasteiger charge is 2.23. The molecule has 3 heteroatoms. The maximum atomic E-state index is 10.5. The summed E-state index contributed by atoms with van der Waals surface area (Å²) < 4.78 is 0. The lowest BCUT2D eigenvalue weighted by Crippen LogP contribution is -2.01. The molecule has 21 heavy (non-hydrogen) atoms. The third kappa shape index (κ3) is 2.19. The maximum Gasteiger partial charge on any atom is 0.131 e. The fourth-order valence-corrected chi connectivity index (χ4v) is 3.96. The molecule has 2 nitrogen and oxygen atoms in total. The van der Waals surface area contributed by atoms with Gasteiger partial charge in [0.15, 0.2) is 0 Å². The quantitative estimate of drug-likeness (QED) is 0.775. The van der Waals surface area contributed by atoms with Crippen LogP contribution in [-0.4, -0.2) is 10.1 Å². The SMILES string of the molecule is OC(c1ccccc1)c1nc2c(s1)CCc1ccccc1-2. The standard InChI is InChI=1S/C18H15NOS/c20-17(13-7-2-1-3-8-13)18-19-16-14-9-5-4-6-12(14)10-11-15(16)21-18/h1-9,17,20H,10-11H2. The lowest BCUT2D eigenvalue weighted by atomic mass is 9.94. The van der Waals surface area contributed by atoms with Crippen LogP contribution in [-0.2, 0) is 12.8 Å². The number of aromatic nitrogens is 1. The summed E-state index contributed by atoms with van der Waals surface area (Å²) in [6.45, 7) is 0. The highest BCUT2D eigenvalue weighted by molar-refractivity contribution is 7.12. The molecule has 0 radical (unpaired) electrons. The predicted molar refractivity (Wildman–Crippen MR) is 85.5 cm³/mol. The van der Waals surface area contributed by atoms with E-state index in [1.165, 1.54) is 16.0 Å². The molecule has 0 saturated heterocycles. The summed E-state index contributed by atoms with van der Waals surface area (Å²) in [5.41, 5.74) is 4.54. The molecule has 2 aromatic carbocycles. The summed E-state index contributed by atoms with van der Waals surface area (Å²) in [4.78, 5) is 6.03. The Morgan fingerprint density at radius 2 is 1.71 bits per heavy atom. The summed E-state index contributed by atoms with van der Waals surface area (Å²) in [6.07, 6.45) is 1.45. The van der Waals surface area contributed by atoms with Gasteiger partial charge in [-0.2, -0.15) is 0 Å². The number of thiazole rings is 1. The zero-order valence-electron chi connectivity index (χ0n) is 11.5. The van der Waals surface area contributed by atoms with Gasteiger partial charge in [-0.15, -0.1) is 11.3 Å². The largest absolute Gasteiger partial charge is 0.381 e. The number of fused-ring (bicyclic) bond motifs is 3. The smallest absolute Gasteiger partial charge is 0.131 e. The van der Waals surface area contributed by atoms with Crippen molar-refractivity contribution in [2.45, 2.75) is 18.9 Å². The predicted octanol–water partition coefficient (Wildman–Crippen LogP) is 3.99. The van der Waals surface area contributed by atoms with Crippen molar-refractivity contribution in [3.63, 3.8) is 0 Å². The molecular formula is C18H15NOS. The van der Waals surface area contributed by atoms with E-state index in [1.807, 2.05) is 30.3 Å². The lowest BCUT2D eigenvalue weighted by molar-refractivity contribution is 0.220. The van der Waals surface area contributed by atoms with Crippen molar-refractivity contribution in [2.24, 2.45) is 0 Å². The Labute approximate surface area is 127 Å². The van der Waals surface area contributed by atoms with Crippen LogP contribution in [0.1, 0.15) is 27.1 Å². The monoisotopic (exact) mass is 293 g/mol. The first kappa shape index (κ1) is 12.7. The fraction of sp³-hybridized carbons (Fsp3) is 0.167. The first-order valence-electron chi connectivity index (χ1n) is 7.14. The Bertz CT molecular complexity index is 779. The lowest BCUT2D eigenvalue weighted by Gasteiger charge is -2.13. The van der Waals surface area contributed by atoms with Gasteiger partial charge in [0.05, 0.1) is 5.69 Å². The number of aryl methyl sites for hydroxylation is 2. The molecule has 1 aliphatic rings. The third-order valence-corrected chi connectivity index (χ3v) is 5.12. The molecule has 0 fully saturated rings. The number of nitrogens with zero attached hydrogens (tertiary/aromatic N) is 1. The van der Waals surface area contributed by atoms with E-state index in [1.54, 1.807) is 11.3 Å². The summed E-state index contributed by atoms with van der Waals surface area (Å²) in [7, 11) is 0. The van der Waals surface area contributed by atoms with Gasteiger partial charge < -0.3 is 5.11 Å². The van der Waals surface area contributed by atoms with Gasteiger partial charge in [0, 0.05) is 10.4 Å². The number of aliphatic hydroxyl groups is 1. The third-order valence-electron chi connectivity index (χ3n) is 3.96. The summed E-state index contributed by atoms with van der Waals surface area (Å²) in [6, 6.07) is 18.2. The van der Waals surface area contributed by atoms with Crippen LogP contribution in [0.3, 0.4) is 0 Å². The maximum absolute atomic E-state index is 10.5. The summed E-state index contributed by atoms with van der Waals surface area (Å²) >= 11 is 1.64. The van der Waals surface area contributed by atoms with E-state index < -0.39 is 6.10 Å². The zero-order chi connectivity index (χ0) is 14.2. The second-order valence-corrected chi connectivity index (χ2v) is 6.41. The Morgan fingerprint density at radius 3 is 2.57 bits per heavy atom. The van der Waals surface area contributed by atoms with Gasteiger partial charge in [-0.3, -0.25) is 0 Å². The van der Waals surface area contributed by atoms with E-state index >= 15 is 0 Å². The minimum absolute atomic E-state index is 0.631.